The number of ether oxygens (including phenoxy) is 1. The summed E-state index contributed by atoms with van der Waals surface area (Å²) in [5, 5.41) is 8.73. The van der Waals surface area contributed by atoms with Gasteiger partial charge in [-0.05, 0) is 7.05 Å². The highest BCUT2D eigenvalue weighted by molar-refractivity contribution is 5.84. The Morgan fingerprint density at radius 1 is 1.75 bits per heavy atom. The molecule has 16 heavy (non-hydrogen) atoms. The summed E-state index contributed by atoms with van der Waals surface area (Å²) in [6.07, 6.45) is 3.16. The van der Waals surface area contributed by atoms with Gasteiger partial charge in [-0.15, -0.1) is 0 Å². The fraction of sp³-hybridized carbons (Fsp3) is 0.600. The molecule has 88 valence electrons. The lowest BCUT2D eigenvalue weighted by Gasteiger charge is -2.30. The second kappa shape index (κ2) is 4.63. The number of carboxylic acids is 1. The maximum atomic E-state index is 10.6. The zero-order chi connectivity index (χ0) is 11.5. The number of rotatable bonds is 3. The van der Waals surface area contributed by atoms with Crippen LogP contribution in [0.2, 0.25) is 0 Å². The number of likely N-dealkylation sites (N-methyl/N-ethyl adjacent to an activating group) is 1. The van der Waals surface area contributed by atoms with Gasteiger partial charge in [0.1, 0.15) is 0 Å². The molecule has 1 unspecified atom stereocenters. The lowest BCUT2D eigenvalue weighted by Crippen LogP contribution is -2.41. The van der Waals surface area contributed by atoms with E-state index in [4.69, 9.17) is 9.84 Å². The molecule has 1 aromatic rings. The Labute approximate surface area is 93.4 Å². The number of carbonyl (C=O) groups is 1. The maximum absolute atomic E-state index is 10.6. The van der Waals surface area contributed by atoms with Crippen LogP contribution in [0.3, 0.4) is 0 Å². The van der Waals surface area contributed by atoms with Gasteiger partial charge in [0.05, 0.1) is 25.6 Å². The van der Waals surface area contributed by atoms with Gasteiger partial charge in [0, 0.05) is 19.3 Å². The van der Waals surface area contributed by atoms with E-state index in [0.717, 1.165) is 19.7 Å². The normalized spacial score (nSPS) is 22.2. The SMILES string of the molecule is CN1CCOC(Cn2cnc(C(=O)O)c2)C1. The van der Waals surface area contributed by atoms with E-state index in [1.807, 2.05) is 7.05 Å². The summed E-state index contributed by atoms with van der Waals surface area (Å²) >= 11 is 0. The van der Waals surface area contributed by atoms with Gasteiger partial charge in [0.2, 0.25) is 0 Å². The molecule has 1 saturated heterocycles. The largest absolute Gasteiger partial charge is 0.476 e. The summed E-state index contributed by atoms with van der Waals surface area (Å²) in [5.74, 6) is -1.000. The van der Waals surface area contributed by atoms with E-state index in [2.05, 4.69) is 9.88 Å². The molecule has 0 saturated carbocycles. The van der Waals surface area contributed by atoms with E-state index in [0.29, 0.717) is 6.54 Å². The number of morpholine rings is 1. The lowest BCUT2D eigenvalue weighted by atomic mass is 10.3. The maximum Gasteiger partial charge on any atom is 0.356 e. The second-order valence-electron chi connectivity index (χ2n) is 4.02. The average molecular weight is 225 g/mol. The van der Waals surface area contributed by atoms with Crippen molar-refractivity contribution in [2.75, 3.05) is 26.7 Å². The van der Waals surface area contributed by atoms with Gasteiger partial charge in [-0.1, -0.05) is 0 Å². The first kappa shape index (κ1) is 11.1. The number of imidazole rings is 1. The third-order valence-corrected chi connectivity index (χ3v) is 2.61. The molecule has 1 aromatic heterocycles. The topological polar surface area (TPSA) is 67.6 Å². The summed E-state index contributed by atoms with van der Waals surface area (Å²) in [6, 6.07) is 0. The van der Waals surface area contributed by atoms with Gasteiger partial charge in [-0.25, -0.2) is 9.78 Å². The molecule has 0 radical (unpaired) electrons. The fourth-order valence-electron chi connectivity index (χ4n) is 1.78. The number of hydrogen-bond donors (Lipinski definition) is 1. The van der Waals surface area contributed by atoms with Gasteiger partial charge >= 0.3 is 5.97 Å². The molecule has 1 aliphatic heterocycles. The Morgan fingerprint density at radius 2 is 2.56 bits per heavy atom. The van der Waals surface area contributed by atoms with E-state index in [9.17, 15) is 4.79 Å². The third kappa shape index (κ3) is 2.59. The van der Waals surface area contributed by atoms with Crippen molar-refractivity contribution in [2.45, 2.75) is 12.6 Å². The van der Waals surface area contributed by atoms with Crippen LogP contribution in [0.25, 0.3) is 0 Å². The van der Waals surface area contributed by atoms with Gasteiger partial charge in [0.15, 0.2) is 5.69 Å². The summed E-state index contributed by atoms with van der Waals surface area (Å²) in [7, 11) is 2.05. The van der Waals surface area contributed by atoms with Gasteiger partial charge in [-0.2, -0.15) is 0 Å². The van der Waals surface area contributed by atoms with Crippen LogP contribution in [0.4, 0.5) is 0 Å². The molecule has 1 fully saturated rings. The van der Waals surface area contributed by atoms with Crippen molar-refractivity contribution < 1.29 is 14.6 Å². The first-order valence-electron chi connectivity index (χ1n) is 5.20. The molecular formula is C10H15N3O3. The standard InChI is InChI=1S/C10H15N3O3/c1-12-2-3-16-8(4-12)5-13-6-9(10(14)15)11-7-13/h6-8H,2-5H2,1H3,(H,14,15). The van der Waals surface area contributed by atoms with Crippen LogP contribution < -0.4 is 0 Å². The summed E-state index contributed by atoms with van der Waals surface area (Å²) in [5.41, 5.74) is 0.0733. The quantitative estimate of drug-likeness (QED) is 0.778. The van der Waals surface area contributed by atoms with E-state index in [1.54, 1.807) is 4.57 Å². The van der Waals surface area contributed by atoms with E-state index in [1.165, 1.54) is 12.5 Å². The molecule has 1 N–H and O–H groups in total. The van der Waals surface area contributed by atoms with Crippen molar-refractivity contribution in [2.24, 2.45) is 0 Å². The first-order valence-corrected chi connectivity index (χ1v) is 5.20. The Hall–Kier alpha value is -1.40. The molecule has 6 nitrogen and oxygen atoms in total. The molecule has 2 heterocycles. The van der Waals surface area contributed by atoms with E-state index >= 15 is 0 Å². The molecule has 2 rings (SSSR count). The molecule has 0 spiro atoms. The first-order chi connectivity index (χ1) is 7.65. The minimum atomic E-state index is -1.000. The Kier molecular flexibility index (Phi) is 3.21. The molecule has 0 aliphatic carbocycles. The smallest absolute Gasteiger partial charge is 0.356 e. The predicted octanol–water partition coefficient (Wildman–Crippen LogP) is -0.0881. The zero-order valence-electron chi connectivity index (χ0n) is 9.17. The van der Waals surface area contributed by atoms with Crippen molar-refractivity contribution in [1.82, 2.24) is 14.5 Å². The Balaban J connectivity index is 1.95. The lowest BCUT2D eigenvalue weighted by molar-refractivity contribution is -0.0274. The highest BCUT2D eigenvalue weighted by atomic mass is 16.5. The minimum Gasteiger partial charge on any atom is -0.476 e. The van der Waals surface area contributed by atoms with Crippen LogP contribution in [0, 0.1) is 0 Å². The minimum absolute atomic E-state index is 0.0733. The number of nitrogens with zero attached hydrogens (tertiary/aromatic N) is 3. The van der Waals surface area contributed by atoms with E-state index in [-0.39, 0.29) is 11.8 Å². The zero-order valence-corrected chi connectivity index (χ0v) is 9.17. The van der Waals surface area contributed by atoms with Gasteiger partial charge in [0.25, 0.3) is 0 Å². The number of carboxylic acid groups (broad SMARTS) is 1. The molecule has 0 aromatic carbocycles. The molecule has 0 bridgehead atoms. The van der Waals surface area contributed by atoms with Crippen molar-refractivity contribution >= 4 is 5.97 Å². The monoisotopic (exact) mass is 225 g/mol. The van der Waals surface area contributed by atoms with Crippen molar-refractivity contribution in [3.05, 3.63) is 18.2 Å². The van der Waals surface area contributed by atoms with Gasteiger partial charge < -0.3 is 19.3 Å². The fourth-order valence-corrected chi connectivity index (χ4v) is 1.78. The third-order valence-electron chi connectivity index (χ3n) is 2.61. The van der Waals surface area contributed by atoms with Crippen LogP contribution in [0.1, 0.15) is 10.5 Å². The van der Waals surface area contributed by atoms with Crippen LogP contribution in [0.5, 0.6) is 0 Å². The molecule has 6 heteroatoms. The average Bonchev–Trinajstić information content (AvgIpc) is 2.66. The number of hydrogen-bond acceptors (Lipinski definition) is 4. The van der Waals surface area contributed by atoms with Crippen molar-refractivity contribution in [3.8, 4) is 0 Å². The molecular weight excluding hydrogens is 210 g/mol. The second-order valence-corrected chi connectivity index (χ2v) is 4.02. The van der Waals surface area contributed by atoms with E-state index < -0.39 is 5.97 Å². The van der Waals surface area contributed by atoms with Crippen LogP contribution in [-0.2, 0) is 11.3 Å². The summed E-state index contributed by atoms with van der Waals surface area (Å²) in [4.78, 5) is 16.6. The predicted molar refractivity (Wildman–Crippen MR) is 56.4 cm³/mol. The summed E-state index contributed by atoms with van der Waals surface area (Å²) < 4.78 is 7.34. The molecule has 1 aliphatic rings. The highest BCUT2D eigenvalue weighted by Gasteiger charge is 2.18. The Bertz CT molecular complexity index is 377. The van der Waals surface area contributed by atoms with Crippen molar-refractivity contribution in [1.29, 1.82) is 0 Å². The van der Waals surface area contributed by atoms with Crippen molar-refractivity contribution in [3.63, 3.8) is 0 Å². The van der Waals surface area contributed by atoms with Crippen LogP contribution in [0.15, 0.2) is 12.5 Å². The number of aromatic carboxylic acids is 1. The highest BCUT2D eigenvalue weighted by Crippen LogP contribution is 2.06. The van der Waals surface area contributed by atoms with Gasteiger partial charge in [-0.3, -0.25) is 0 Å². The Morgan fingerprint density at radius 3 is 3.19 bits per heavy atom. The molecule has 0 amide bonds. The van der Waals surface area contributed by atoms with Crippen LogP contribution >= 0.6 is 0 Å². The molecule has 1 atom stereocenters. The van der Waals surface area contributed by atoms with Crippen LogP contribution in [-0.4, -0.2) is 58.4 Å². The number of aromatic nitrogens is 2. The summed E-state index contributed by atoms with van der Waals surface area (Å²) in [6.45, 7) is 3.17.